The van der Waals surface area contributed by atoms with Gasteiger partial charge in [0.2, 0.25) is 0 Å². The van der Waals surface area contributed by atoms with E-state index in [-0.39, 0.29) is 12.6 Å². The number of carbonyl (C=O) groups excluding carboxylic acids is 1. The summed E-state index contributed by atoms with van der Waals surface area (Å²) >= 11 is 0. The Morgan fingerprint density at radius 2 is 2.05 bits per heavy atom. The summed E-state index contributed by atoms with van der Waals surface area (Å²) in [5.41, 5.74) is 1.03. The number of aromatic nitrogens is 2. The number of nitrogens with zero attached hydrogens (tertiary/aromatic N) is 2. The number of benzene rings is 1. The molecule has 0 amide bonds. The van der Waals surface area contributed by atoms with Crippen molar-refractivity contribution in [2.24, 2.45) is 7.05 Å². The van der Waals surface area contributed by atoms with Crippen LogP contribution in [0.15, 0.2) is 42.7 Å². The first-order valence-corrected chi connectivity index (χ1v) is 6.55. The smallest absolute Gasteiger partial charge is 0.306 e. The maximum atomic E-state index is 11.5. The third-order valence-corrected chi connectivity index (χ3v) is 2.73. The van der Waals surface area contributed by atoms with Gasteiger partial charge in [-0.3, -0.25) is 9.48 Å². The average molecular weight is 274 g/mol. The van der Waals surface area contributed by atoms with Crippen molar-refractivity contribution in [3.63, 3.8) is 0 Å². The van der Waals surface area contributed by atoms with Gasteiger partial charge in [0.05, 0.1) is 6.20 Å². The monoisotopic (exact) mass is 274 g/mol. The van der Waals surface area contributed by atoms with Crippen LogP contribution >= 0.6 is 0 Å². The van der Waals surface area contributed by atoms with E-state index < -0.39 is 0 Å². The minimum atomic E-state index is -0.217. The van der Waals surface area contributed by atoms with Crippen LogP contribution in [0.4, 0.5) is 0 Å². The van der Waals surface area contributed by atoms with E-state index in [1.807, 2.05) is 43.6 Å². The van der Waals surface area contributed by atoms with Crippen molar-refractivity contribution in [1.29, 1.82) is 0 Å². The highest BCUT2D eigenvalue weighted by Gasteiger charge is 2.05. The summed E-state index contributed by atoms with van der Waals surface area (Å²) in [5.74, 6) is 0.560. The van der Waals surface area contributed by atoms with Gasteiger partial charge in [0, 0.05) is 19.7 Å². The Balaban J connectivity index is 1.58. The molecule has 0 unspecified atom stereocenters. The van der Waals surface area contributed by atoms with E-state index in [0.29, 0.717) is 19.4 Å². The number of aryl methyl sites for hydroxylation is 2. The molecule has 0 aliphatic carbocycles. The third kappa shape index (κ3) is 4.76. The highest BCUT2D eigenvalue weighted by Crippen LogP contribution is 2.07. The SMILES string of the molecule is Cn1cc(CCC(=O)OCCOc2ccccc2)cn1. The number of ether oxygens (including phenoxy) is 2. The largest absolute Gasteiger partial charge is 0.490 e. The molecule has 0 N–H and O–H groups in total. The molecule has 0 aliphatic rings. The second kappa shape index (κ2) is 7.33. The number of carbonyl (C=O) groups is 1. The van der Waals surface area contributed by atoms with E-state index in [1.54, 1.807) is 10.9 Å². The molecule has 0 bridgehead atoms. The van der Waals surface area contributed by atoms with Crippen LogP contribution in [-0.2, 0) is 23.0 Å². The number of para-hydroxylation sites is 1. The molecule has 2 aromatic rings. The van der Waals surface area contributed by atoms with Crippen LogP contribution in [0, 0.1) is 0 Å². The van der Waals surface area contributed by atoms with Crippen molar-refractivity contribution >= 4 is 5.97 Å². The molecule has 5 heteroatoms. The van der Waals surface area contributed by atoms with Crippen molar-refractivity contribution in [3.8, 4) is 5.75 Å². The fraction of sp³-hybridized carbons (Fsp3) is 0.333. The van der Waals surface area contributed by atoms with Gasteiger partial charge in [-0.2, -0.15) is 5.10 Å². The number of hydrogen-bond acceptors (Lipinski definition) is 4. The Labute approximate surface area is 118 Å². The zero-order valence-electron chi connectivity index (χ0n) is 11.5. The van der Waals surface area contributed by atoms with E-state index in [0.717, 1.165) is 11.3 Å². The van der Waals surface area contributed by atoms with Crippen LogP contribution in [0.5, 0.6) is 5.75 Å². The zero-order valence-corrected chi connectivity index (χ0v) is 11.5. The van der Waals surface area contributed by atoms with Crippen LogP contribution in [0.2, 0.25) is 0 Å². The molecule has 0 saturated heterocycles. The molecule has 2 rings (SSSR count). The maximum Gasteiger partial charge on any atom is 0.306 e. The van der Waals surface area contributed by atoms with E-state index in [4.69, 9.17) is 9.47 Å². The molecule has 1 aromatic carbocycles. The predicted octanol–water partition coefficient (Wildman–Crippen LogP) is 1.97. The lowest BCUT2D eigenvalue weighted by atomic mass is 10.2. The van der Waals surface area contributed by atoms with Crippen LogP contribution < -0.4 is 4.74 Å². The van der Waals surface area contributed by atoms with Gasteiger partial charge in [-0.05, 0) is 24.1 Å². The van der Waals surface area contributed by atoms with Crippen LogP contribution in [0.1, 0.15) is 12.0 Å². The molecule has 0 spiro atoms. The van der Waals surface area contributed by atoms with Crippen molar-refractivity contribution in [2.45, 2.75) is 12.8 Å². The Kier molecular flexibility index (Phi) is 5.17. The van der Waals surface area contributed by atoms with E-state index in [9.17, 15) is 4.79 Å². The highest BCUT2D eigenvalue weighted by atomic mass is 16.6. The van der Waals surface area contributed by atoms with Crippen molar-refractivity contribution in [3.05, 3.63) is 48.3 Å². The Morgan fingerprint density at radius 1 is 1.25 bits per heavy atom. The summed E-state index contributed by atoms with van der Waals surface area (Å²) in [7, 11) is 1.85. The lowest BCUT2D eigenvalue weighted by Crippen LogP contribution is -2.12. The Bertz CT molecular complexity index is 537. The van der Waals surface area contributed by atoms with Crippen LogP contribution in [0.3, 0.4) is 0 Å². The summed E-state index contributed by atoms with van der Waals surface area (Å²) in [6, 6.07) is 9.45. The van der Waals surface area contributed by atoms with Crippen molar-refractivity contribution in [1.82, 2.24) is 9.78 Å². The van der Waals surface area contributed by atoms with Gasteiger partial charge in [-0.15, -0.1) is 0 Å². The number of rotatable bonds is 7. The summed E-state index contributed by atoms with van der Waals surface area (Å²) in [4.78, 5) is 11.5. The summed E-state index contributed by atoms with van der Waals surface area (Å²) in [6.45, 7) is 0.628. The maximum absolute atomic E-state index is 11.5. The molecule has 0 saturated carbocycles. The predicted molar refractivity (Wildman–Crippen MR) is 74.4 cm³/mol. The summed E-state index contributed by atoms with van der Waals surface area (Å²) in [6.07, 6.45) is 4.65. The Morgan fingerprint density at radius 3 is 2.75 bits per heavy atom. The number of esters is 1. The zero-order chi connectivity index (χ0) is 14.2. The standard InChI is InChI=1S/C15H18N2O3/c1-17-12-13(11-16-17)7-8-15(18)20-10-9-19-14-5-3-2-4-6-14/h2-6,11-12H,7-10H2,1H3. The lowest BCUT2D eigenvalue weighted by Gasteiger charge is -2.06. The van der Waals surface area contributed by atoms with Gasteiger partial charge in [-0.1, -0.05) is 18.2 Å². The van der Waals surface area contributed by atoms with Crippen LogP contribution in [-0.4, -0.2) is 29.0 Å². The first kappa shape index (κ1) is 14.1. The second-order valence-corrected chi connectivity index (χ2v) is 4.40. The van der Waals surface area contributed by atoms with Crippen molar-refractivity contribution < 1.29 is 14.3 Å². The van der Waals surface area contributed by atoms with E-state index in [1.165, 1.54) is 0 Å². The molecule has 5 nitrogen and oxygen atoms in total. The summed E-state index contributed by atoms with van der Waals surface area (Å²) in [5, 5.41) is 4.05. The topological polar surface area (TPSA) is 53.4 Å². The van der Waals surface area contributed by atoms with Gasteiger partial charge in [-0.25, -0.2) is 0 Å². The van der Waals surface area contributed by atoms with Gasteiger partial charge in [0.25, 0.3) is 0 Å². The molecule has 0 aliphatic heterocycles. The lowest BCUT2D eigenvalue weighted by molar-refractivity contribution is -0.144. The van der Waals surface area contributed by atoms with Gasteiger partial charge in [0.15, 0.2) is 0 Å². The molecular weight excluding hydrogens is 256 g/mol. The van der Waals surface area contributed by atoms with E-state index in [2.05, 4.69) is 5.10 Å². The minimum absolute atomic E-state index is 0.217. The van der Waals surface area contributed by atoms with E-state index >= 15 is 0 Å². The average Bonchev–Trinajstić information content (AvgIpc) is 2.88. The van der Waals surface area contributed by atoms with Gasteiger partial charge in [0.1, 0.15) is 19.0 Å². The molecule has 0 atom stereocenters. The molecule has 0 fully saturated rings. The van der Waals surface area contributed by atoms with Crippen LogP contribution in [0.25, 0.3) is 0 Å². The van der Waals surface area contributed by atoms with Gasteiger partial charge >= 0.3 is 5.97 Å². The molecule has 0 radical (unpaired) electrons. The first-order chi connectivity index (χ1) is 9.74. The highest BCUT2D eigenvalue weighted by molar-refractivity contribution is 5.69. The molecule has 1 aromatic heterocycles. The second-order valence-electron chi connectivity index (χ2n) is 4.40. The molecule has 20 heavy (non-hydrogen) atoms. The quantitative estimate of drug-likeness (QED) is 0.572. The summed E-state index contributed by atoms with van der Waals surface area (Å²) < 4.78 is 12.2. The minimum Gasteiger partial charge on any atom is -0.490 e. The Hall–Kier alpha value is -2.30. The third-order valence-electron chi connectivity index (χ3n) is 2.73. The fourth-order valence-corrected chi connectivity index (χ4v) is 1.75. The first-order valence-electron chi connectivity index (χ1n) is 6.55. The fourth-order valence-electron chi connectivity index (χ4n) is 1.75. The normalized spacial score (nSPS) is 10.2. The molecule has 1 heterocycles. The molecular formula is C15H18N2O3. The molecule has 106 valence electrons. The van der Waals surface area contributed by atoms with Crippen molar-refractivity contribution in [2.75, 3.05) is 13.2 Å². The number of hydrogen-bond donors (Lipinski definition) is 0. The van der Waals surface area contributed by atoms with Gasteiger partial charge < -0.3 is 9.47 Å².